The van der Waals surface area contributed by atoms with E-state index in [9.17, 15) is 18.5 Å². The summed E-state index contributed by atoms with van der Waals surface area (Å²) < 4.78 is 22.5. The lowest BCUT2D eigenvalue weighted by Gasteiger charge is -2.16. The van der Waals surface area contributed by atoms with Gasteiger partial charge in [-0.2, -0.15) is 5.10 Å². The third-order valence-electron chi connectivity index (χ3n) is 3.61. The number of nitro benzene ring substituents is 1. The van der Waals surface area contributed by atoms with Gasteiger partial charge in [0.15, 0.2) is 0 Å². The molecule has 0 aromatic heterocycles. The molecule has 3 N–H and O–H groups in total. The zero-order valence-electron chi connectivity index (χ0n) is 11.9. The van der Waals surface area contributed by atoms with Crippen LogP contribution >= 0.6 is 0 Å². The Labute approximate surface area is 128 Å². The number of nitrogens with one attached hydrogen (secondary N) is 1. The lowest BCUT2D eigenvalue weighted by molar-refractivity contribution is -0.384. The molecule has 1 fully saturated rings. The highest BCUT2D eigenvalue weighted by atomic mass is 32.2. The normalized spacial score (nSPS) is 16.8. The molecule has 0 heterocycles. The van der Waals surface area contributed by atoms with E-state index < -0.39 is 14.9 Å². The van der Waals surface area contributed by atoms with Crippen molar-refractivity contribution in [3.05, 3.63) is 28.3 Å². The molecule has 9 heteroatoms. The average molecular weight is 326 g/mol. The van der Waals surface area contributed by atoms with Crippen molar-refractivity contribution in [2.75, 3.05) is 5.43 Å². The Bertz CT molecular complexity index is 681. The first-order valence-corrected chi connectivity index (χ1v) is 8.53. The van der Waals surface area contributed by atoms with E-state index in [1.807, 2.05) is 0 Å². The molecule has 0 unspecified atom stereocenters. The lowest BCUT2D eigenvalue weighted by Crippen LogP contribution is -2.12. The summed E-state index contributed by atoms with van der Waals surface area (Å²) in [7, 11) is -3.98. The largest absolute Gasteiger partial charge is 0.295 e. The predicted molar refractivity (Wildman–Crippen MR) is 83.2 cm³/mol. The summed E-state index contributed by atoms with van der Waals surface area (Å²) in [5.41, 5.74) is 2.36. The topological polar surface area (TPSA) is 128 Å². The molecular formula is C13H18N4O4S. The standard InChI is InChI=1S/C13H18N4O4S/c14-22(20,21)11-6-7-12(13(8-11)17(18)19)16-15-9-10-4-2-1-3-5-10/h6-10,16H,1-5H2,(H2,14,20,21). The van der Waals surface area contributed by atoms with Crippen LogP contribution < -0.4 is 10.6 Å². The van der Waals surface area contributed by atoms with E-state index in [0.29, 0.717) is 5.92 Å². The second kappa shape index (κ2) is 6.84. The number of primary sulfonamides is 1. The monoisotopic (exact) mass is 326 g/mol. The highest BCUT2D eigenvalue weighted by molar-refractivity contribution is 7.89. The molecule has 120 valence electrons. The molecule has 1 aliphatic rings. The Balaban J connectivity index is 2.16. The van der Waals surface area contributed by atoms with Crippen LogP contribution in [0.15, 0.2) is 28.2 Å². The third kappa shape index (κ3) is 4.25. The zero-order valence-corrected chi connectivity index (χ0v) is 12.8. The van der Waals surface area contributed by atoms with Crippen molar-refractivity contribution >= 4 is 27.6 Å². The molecule has 1 aliphatic carbocycles. The van der Waals surface area contributed by atoms with Crippen molar-refractivity contribution in [2.24, 2.45) is 16.2 Å². The van der Waals surface area contributed by atoms with Crippen LogP contribution in [0.5, 0.6) is 0 Å². The van der Waals surface area contributed by atoms with Crippen molar-refractivity contribution in [2.45, 2.75) is 37.0 Å². The molecule has 0 aliphatic heterocycles. The number of hydrogen-bond donors (Lipinski definition) is 2. The van der Waals surface area contributed by atoms with Gasteiger partial charge in [-0.05, 0) is 30.9 Å². The molecule has 0 saturated heterocycles. The van der Waals surface area contributed by atoms with E-state index in [1.54, 1.807) is 6.21 Å². The van der Waals surface area contributed by atoms with Crippen LogP contribution in [0, 0.1) is 16.0 Å². The number of sulfonamides is 1. The van der Waals surface area contributed by atoms with Gasteiger partial charge in [-0.3, -0.25) is 15.5 Å². The van der Waals surface area contributed by atoms with Crippen LogP contribution in [0.4, 0.5) is 11.4 Å². The Morgan fingerprint density at radius 1 is 1.32 bits per heavy atom. The number of hydrogen-bond acceptors (Lipinski definition) is 6. The van der Waals surface area contributed by atoms with E-state index in [1.165, 1.54) is 31.4 Å². The van der Waals surface area contributed by atoms with Gasteiger partial charge >= 0.3 is 0 Å². The maximum Gasteiger partial charge on any atom is 0.295 e. The molecule has 0 atom stereocenters. The van der Waals surface area contributed by atoms with Crippen molar-refractivity contribution in [3.8, 4) is 0 Å². The summed E-state index contributed by atoms with van der Waals surface area (Å²) in [4.78, 5) is 10.1. The lowest BCUT2D eigenvalue weighted by atomic mass is 9.90. The molecule has 8 nitrogen and oxygen atoms in total. The molecule has 0 amide bonds. The fraction of sp³-hybridized carbons (Fsp3) is 0.462. The molecule has 22 heavy (non-hydrogen) atoms. The first-order chi connectivity index (χ1) is 10.4. The van der Waals surface area contributed by atoms with Gasteiger partial charge in [0, 0.05) is 12.3 Å². The summed E-state index contributed by atoms with van der Waals surface area (Å²) in [6.45, 7) is 0. The van der Waals surface area contributed by atoms with Gasteiger partial charge in [-0.25, -0.2) is 13.6 Å². The number of anilines is 1. The van der Waals surface area contributed by atoms with Crippen LogP contribution in [0.2, 0.25) is 0 Å². The second-order valence-electron chi connectivity index (χ2n) is 5.27. The second-order valence-corrected chi connectivity index (χ2v) is 6.83. The summed E-state index contributed by atoms with van der Waals surface area (Å²) in [6, 6.07) is 3.42. The smallest absolute Gasteiger partial charge is 0.272 e. The number of nitro groups is 1. The highest BCUT2D eigenvalue weighted by Crippen LogP contribution is 2.27. The Kier molecular flexibility index (Phi) is 5.09. The summed E-state index contributed by atoms with van der Waals surface area (Å²) >= 11 is 0. The zero-order chi connectivity index (χ0) is 16.2. The molecule has 2 rings (SSSR count). The molecule has 0 bridgehead atoms. The fourth-order valence-electron chi connectivity index (χ4n) is 2.43. The minimum atomic E-state index is -3.98. The maximum absolute atomic E-state index is 11.2. The van der Waals surface area contributed by atoms with Gasteiger partial charge in [0.1, 0.15) is 5.69 Å². The third-order valence-corrected chi connectivity index (χ3v) is 4.53. The molecule has 0 spiro atoms. The van der Waals surface area contributed by atoms with E-state index in [4.69, 9.17) is 5.14 Å². The first kappa shape index (κ1) is 16.4. The molecular weight excluding hydrogens is 308 g/mol. The van der Waals surface area contributed by atoms with Gasteiger partial charge in [0.25, 0.3) is 5.69 Å². The van der Waals surface area contributed by atoms with E-state index in [0.717, 1.165) is 18.9 Å². The Hall–Kier alpha value is -2.00. The molecule has 0 radical (unpaired) electrons. The number of nitrogens with zero attached hydrogens (tertiary/aromatic N) is 2. The Morgan fingerprint density at radius 2 is 2.00 bits per heavy atom. The van der Waals surface area contributed by atoms with E-state index >= 15 is 0 Å². The number of rotatable bonds is 5. The van der Waals surface area contributed by atoms with Crippen LogP contribution in [0.25, 0.3) is 0 Å². The van der Waals surface area contributed by atoms with Gasteiger partial charge < -0.3 is 0 Å². The van der Waals surface area contributed by atoms with Gasteiger partial charge in [0.05, 0.1) is 9.82 Å². The van der Waals surface area contributed by atoms with E-state index in [-0.39, 0.29) is 16.3 Å². The SMILES string of the molecule is NS(=O)(=O)c1ccc(NN=CC2CCCCC2)c([N+](=O)[O-])c1. The molecule has 1 aromatic rings. The highest BCUT2D eigenvalue weighted by Gasteiger charge is 2.19. The van der Waals surface area contributed by atoms with Gasteiger partial charge in [-0.1, -0.05) is 19.3 Å². The Morgan fingerprint density at radius 3 is 2.59 bits per heavy atom. The van der Waals surface area contributed by atoms with Crippen molar-refractivity contribution in [3.63, 3.8) is 0 Å². The first-order valence-electron chi connectivity index (χ1n) is 6.98. The van der Waals surface area contributed by atoms with Crippen LogP contribution in [0.1, 0.15) is 32.1 Å². The summed E-state index contributed by atoms with van der Waals surface area (Å²) in [6.07, 6.45) is 7.46. The van der Waals surface area contributed by atoms with Crippen molar-refractivity contribution in [1.82, 2.24) is 0 Å². The van der Waals surface area contributed by atoms with E-state index in [2.05, 4.69) is 10.5 Å². The van der Waals surface area contributed by atoms with Gasteiger partial charge in [0.2, 0.25) is 10.0 Å². The van der Waals surface area contributed by atoms with Crippen LogP contribution in [-0.4, -0.2) is 19.6 Å². The number of benzene rings is 1. The van der Waals surface area contributed by atoms with Crippen LogP contribution in [-0.2, 0) is 10.0 Å². The average Bonchev–Trinajstić information content (AvgIpc) is 2.47. The minimum absolute atomic E-state index is 0.129. The summed E-state index contributed by atoms with van der Waals surface area (Å²) in [5, 5.41) is 20.1. The van der Waals surface area contributed by atoms with Gasteiger partial charge in [-0.15, -0.1) is 0 Å². The van der Waals surface area contributed by atoms with Crippen LogP contribution in [0.3, 0.4) is 0 Å². The fourth-order valence-corrected chi connectivity index (χ4v) is 2.96. The van der Waals surface area contributed by atoms with Crippen molar-refractivity contribution in [1.29, 1.82) is 0 Å². The number of hydrazone groups is 1. The minimum Gasteiger partial charge on any atom is -0.272 e. The summed E-state index contributed by atoms with van der Waals surface area (Å²) in [5.74, 6) is 0.379. The maximum atomic E-state index is 11.2. The van der Waals surface area contributed by atoms with Crippen molar-refractivity contribution < 1.29 is 13.3 Å². The molecule has 1 saturated carbocycles. The quantitative estimate of drug-likeness (QED) is 0.487. The molecule has 1 aromatic carbocycles. The number of nitrogens with two attached hydrogens (primary N) is 1. The predicted octanol–water partition coefficient (Wildman–Crippen LogP) is 2.22.